The molecule has 10 heteroatoms. The number of aromatic nitrogens is 4. The van der Waals surface area contributed by atoms with Crippen molar-refractivity contribution in [2.45, 2.75) is 82.9 Å². The fourth-order valence-electron chi connectivity index (χ4n) is 6.11. The summed E-state index contributed by atoms with van der Waals surface area (Å²) in [6.07, 6.45) is 4.86. The van der Waals surface area contributed by atoms with E-state index in [1.165, 1.54) is 10.1 Å². The number of thiophene rings is 1. The average molecular weight is 599 g/mol. The Kier molecular flexibility index (Phi) is 10.1. The van der Waals surface area contributed by atoms with E-state index in [2.05, 4.69) is 85.7 Å². The van der Waals surface area contributed by atoms with E-state index in [1.54, 1.807) is 30.9 Å². The summed E-state index contributed by atoms with van der Waals surface area (Å²) >= 11 is 1.71. The highest BCUT2D eigenvalue weighted by atomic mass is 32.2. The van der Waals surface area contributed by atoms with Gasteiger partial charge >= 0.3 is 0 Å². The van der Waals surface area contributed by atoms with Gasteiger partial charge in [-0.15, -0.1) is 11.3 Å². The number of ether oxygens (including phenoxy) is 1. The molecule has 0 aliphatic rings. The first-order chi connectivity index (χ1) is 19.1. The van der Waals surface area contributed by atoms with Crippen molar-refractivity contribution in [2.75, 3.05) is 20.0 Å². The molecule has 216 valence electrons. The third kappa shape index (κ3) is 6.16. The normalized spacial score (nSPS) is 13.3. The summed E-state index contributed by atoms with van der Waals surface area (Å²) in [6, 6.07) is 10.4. The summed E-state index contributed by atoms with van der Waals surface area (Å²) in [4.78, 5) is 14.1. The molecular weight excluding hydrogens is 557 g/mol. The first-order valence-corrected chi connectivity index (χ1v) is 18.5. The lowest BCUT2D eigenvalue weighted by Gasteiger charge is -2.42. The smallest absolute Gasteiger partial charge is 0.218 e. The van der Waals surface area contributed by atoms with Gasteiger partial charge < -0.3 is 13.7 Å². The Balaban J connectivity index is 1.74. The Morgan fingerprint density at radius 1 is 1.02 bits per heavy atom. The average Bonchev–Trinajstić information content (AvgIpc) is 3.52. The molecule has 0 spiro atoms. The fourth-order valence-corrected chi connectivity index (χ4v) is 12.9. The van der Waals surface area contributed by atoms with Crippen LogP contribution >= 0.6 is 11.3 Å². The van der Waals surface area contributed by atoms with E-state index in [0.717, 1.165) is 35.6 Å². The van der Waals surface area contributed by atoms with E-state index in [0.29, 0.717) is 40.8 Å². The molecule has 4 rings (SSSR count). The van der Waals surface area contributed by atoms with Gasteiger partial charge in [0.1, 0.15) is 12.6 Å². The second-order valence-electron chi connectivity index (χ2n) is 11.2. The molecule has 0 radical (unpaired) electrons. The third-order valence-electron chi connectivity index (χ3n) is 7.77. The quantitative estimate of drug-likeness (QED) is 0.0892. The molecule has 1 unspecified atom stereocenters. The van der Waals surface area contributed by atoms with Gasteiger partial charge in [-0.3, -0.25) is 4.21 Å². The lowest BCUT2D eigenvalue weighted by molar-refractivity contribution is 0.129. The predicted molar refractivity (Wildman–Crippen MR) is 169 cm³/mol. The summed E-state index contributed by atoms with van der Waals surface area (Å²) in [5, 5.41) is 3.62. The van der Waals surface area contributed by atoms with Crippen LogP contribution in [0.2, 0.25) is 16.6 Å². The molecular formula is C30H42N4O3S2Si. The standard InChI is InChI=1S/C30H42N4O3S2Si/c1-20(2)40(21(3)4,22(5)6)37-16-9-10-27-33-28(24-12-11-23-14-17-38-26(23)18-24)29(34(27)19-36-7)25-13-15-31-30(32-25)39(8)35/h11-15,17-18,20-22H,9-10,16,19H2,1-8H3. The van der Waals surface area contributed by atoms with Crippen molar-refractivity contribution >= 4 is 40.5 Å². The molecule has 40 heavy (non-hydrogen) atoms. The van der Waals surface area contributed by atoms with Gasteiger partial charge in [-0.1, -0.05) is 53.7 Å². The van der Waals surface area contributed by atoms with Gasteiger partial charge in [0.05, 0.1) is 27.9 Å². The summed E-state index contributed by atoms with van der Waals surface area (Å²) in [7, 11) is -1.55. The Morgan fingerprint density at radius 2 is 1.75 bits per heavy atom. The van der Waals surface area contributed by atoms with Crippen molar-refractivity contribution in [2.24, 2.45) is 0 Å². The van der Waals surface area contributed by atoms with Crippen LogP contribution in [0.25, 0.3) is 32.7 Å². The molecule has 0 saturated carbocycles. The van der Waals surface area contributed by atoms with Crippen LogP contribution in [0.15, 0.2) is 47.1 Å². The van der Waals surface area contributed by atoms with Gasteiger partial charge in [0.25, 0.3) is 0 Å². The van der Waals surface area contributed by atoms with Crippen LogP contribution in [0, 0.1) is 0 Å². The van der Waals surface area contributed by atoms with Crippen LogP contribution in [0.1, 0.15) is 53.8 Å². The van der Waals surface area contributed by atoms with Crippen LogP contribution in [-0.2, 0) is 33.1 Å². The van der Waals surface area contributed by atoms with Crippen molar-refractivity contribution in [1.82, 2.24) is 19.5 Å². The molecule has 0 aliphatic heterocycles. The van der Waals surface area contributed by atoms with Crippen LogP contribution in [0.3, 0.4) is 0 Å². The molecule has 0 amide bonds. The minimum absolute atomic E-state index is 0.301. The van der Waals surface area contributed by atoms with Crippen molar-refractivity contribution in [3.8, 4) is 22.6 Å². The van der Waals surface area contributed by atoms with E-state index in [9.17, 15) is 4.21 Å². The van der Waals surface area contributed by atoms with Crippen LogP contribution < -0.4 is 0 Å². The van der Waals surface area contributed by atoms with E-state index in [4.69, 9.17) is 14.1 Å². The van der Waals surface area contributed by atoms with E-state index < -0.39 is 19.1 Å². The summed E-state index contributed by atoms with van der Waals surface area (Å²) in [6.45, 7) is 15.0. The number of aryl methyl sites for hydroxylation is 1. The number of hydrogen-bond acceptors (Lipinski definition) is 7. The molecule has 0 saturated heterocycles. The summed E-state index contributed by atoms with van der Waals surface area (Å²) in [5.41, 5.74) is 5.02. The first-order valence-electron chi connectivity index (χ1n) is 14.0. The molecule has 3 heterocycles. The van der Waals surface area contributed by atoms with E-state index in [1.807, 2.05) is 6.07 Å². The fraction of sp³-hybridized carbons (Fsp3) is 0.500. The Labute approximate surface area is 246 Å². The molecule has 7 nitrogen and oxygen atoms in total. The number of fused-ring (bicyclic) bond motifs is 1. The zero-order valence-electron chi connectivity index (χ0n) is 24.9. The Bertz CT molecular complexity index is 1440. The van der Waals surface area contributed by atoms with Crippen molar-refractivity contribution < 1.29 is 13.4 Å². The highest BCUT2D eigenvalue weighted by Gasteiger charge is 2.44. The van der Waals surface area contributed by atoms with Gasteiger partial charge in [0, 0.05) is 42.9 Å². The summed E-state index contributed by atoms with van der Waals surface area (Å²) < 4.78 is 28.1. The second-order valence-corrected chi connectivity index (χ2v) is 18.9. The zero-order chi connectivity index (χ0) is 29.0. The van der Waals surface area contributed by atoms with Gasteiger partial charge in [-0.25, -0.2) is 15.0 Å². The molecule has 0 aliphatic carbocycles. The Morgan fingerprint density at radius 3 is 2.40 bits per heavy atom. The maximum absolute atomic E-state index is 12.2. The van der Waals surface area contributed by atoms with Crippen LogP contribution in [0.4, 0.5) is 0 Å². The van der Waals surface area contributed by atoms with E-state index in [-0.39, 0.29) is 0 Å². The SMILES string of the molecule is COCn1c(CCCO[Si](C(C)C)(C(C)C)C(C)C)nc(-c2ccc3ccsc3c2)c1-c1ccnc(S(C)=O)n1. The number of methoxy groups -OCH3 is 1. The molecule has 1 aromatic carbocycles. The maximum Gasteiger partial charge on any atom is 0.218 e. The van der Waals surface area contributed by atoms with Crippen LogP contribution in [0.5, 0.6) is 0 Å². The predicted octanol–water partition coefficient (Wildman–Crippen LogP) is 7.69. The van der Waals surface area contributed by atoms with Crippen LogP contribution in [-0.4, -0.2) is 52.0 Å². The molecule has 0 bridgehead atoms. The highest BCUT2D eigenvalue weighted by Crippen LogP contribution is 2.42. The minimum Gasteiger partial charge on any atom is -0.416 e. The lowest BCUT2D eigenvalue weighted by atomic mass is 10.1. The number of nitrogens with zero attached hydrogens (tertiary/aromatic N) is 4. The summed E-state index contributed by atoms with van der Waals surface area (Å²) in [5.74, 6) is 0.922. The van der Waals surface area contributed by atoms with E-state index >= 15 is 0 Å². The first kappa shape index (κ1) is 30.7. The molecule has 3 aromatic heterocycles. The number of hydrogen-bond donors (Lipinski definition) is 0. The van der Waals surface area contributed by atoms with Gasteiger partial charge in [0.15, 0.2) is 8.32 Å². The third-order valence-corrected chi connectivity index (χ3v) is 15.5. The second kappa shape index (κ2) is 13.2. The zero-order valence-corrected chi connectivity index (χ0v) is 27.6. The molecule has 1 atom stereocenters. The lowest BCUT2D eigenvalue weighted by Crippen LogP contribution is -2.48. The van der Waals surface area contributed by atoms with Gasteiger partial charge in [0.2, 0.25) is 5.16 Å². The van der Waals surface area contributed by atoms with Gasteiger partial charge in [-0.05, 0) is 52.0 Å². The highest BCUT2D eigenvalue weighted by molar-refractivity contribution is 7.84. The van der Waals surface area contributed by atoms with Crippen molar-refractivity contribution in [3.05, 3.63) is 47.7 Å². The molecule has 4 aromatic rings. The number of imidazole rings is 1. The van der Waals surface area contributed by atoms with Crippen molar-refractivity contribution in [1.29, 1.82) is 0 Å². The minimum atomic E-state index is -1.94. The van der Waals surface area contributed by atoms with Crippen molar-refractivity contribution in [3.63, 3.8) is 0 Å². The number of benzene rings is 1. The topological polar surface area (TPSA) is 79.1 Å². The molecule has 0 fully saturated rings. The maximum atomic E-state index is 12.2. The monoisotopic (exact) mass is 598 g/mol. The Hall–Kier alpha value is -2.24. The largest absolute Gasteiger partial charge is 0.416 e. The number of rotatable bonds is 13. The van der Waals surface area contributed by atoms with Gasteiger partial charge in [-0.2, -0.15) is 0 Å². The molecule has 0 N–H and O–H groups in total.